The van der Waals surface area contributed by atoms with Crippen molar-refractivity contribution in [2.75, 3.05) is 0 Å². The van der Waals surface area contributed by atoms with Gasteiger partial charge in [-0.15, -0.1) is 0 Å². The summed E-state index contributed by atoms with van der Waals surface area (Å²) in [6.07, 6.45) is 2.46. The molecule has 0 radical (unpaired) electrons. The normalized spacial score (nSPS) is 38.8. The van der Waals surface area contributed by atoms with Crippen LogP contribution in [0, 0.1) is 28.6 Å². The maximum Gasteiger partial charge on any atom is 0.303 e. The Morgan fingerprint density at radius 2 is 1.58 bits per heavy atom. The lowest BCUT2D eigenvalue weighted by Crippen LogP contribution is -2.68. The summed E-state index contributed by atoms with van der Waals surface area (Å²) in [7, 11) is 0. The van der Waals surface area contributed by atoms with E-state index in [0.29, 0.717) is 0 Å². The fourth-order valence-electron chi connectivity index (χ4n) is 7.72. The van der Waals surface area contributed by atoms with Crippen LogP contribution in [0.1, 0.15) is 78.5 Å². The van der Waals surface area contributed by atoms with E-state index in [9.17, 15) is 14.4 Å². The molecule has 0 amide bonds. The molecular formula is C26H36O7. The van der Waals surface area contributed by atoms with Gasteiger partial charge in [-0.1, -0.05) is 27.7 Å². The molecule has 3 aliphatic carbocycles. The minimum atomic E-state index is -0.637. The molecule has 2 saturated carbocycles. The molecular weight excluding hydrogens is 424 g/mol. The number of hydrogen-bond donors (Lipinski definition) is 0. The van der Waals surface area contributed by atoms with Gasteiger partial charge in [-0.25, -0.2) is 0 Å². The Morgan fingerprint density at radius 3 is 2.18 bits per heavy atom. The highest BCUT2D eigenvalue weighted by Crippen LogP contribution is 2.66. The van der Waals surface area contributed by atoms with Crippen molar-refractivity contribution in [3.63, 3.8) is 0 Å². The Labute approximate surface area is 195 Å². The van der Waals surface area contributed by atoms with Crippen LogP contribution in [0.4, 0.5) is 0 Å². The molecule has 0 aliphatic heterocycles. The van der Waals surface area contributed by atoms with Gasteiger partial charge in [0.05, 0.1) is 6.26 Å². The fraction of sp³-hybridized carbons (Fsp3) is 0.731. The molecule has 1 aromatic heterocycles. The molecule has 0 N–H and O–H groups in total. The smallest absolute Gasteiger partial charge is 0.303 e. The van der Waals surface area contributed by atoms with Gasteiger partial charge in [-0.2, -0.15) is 0 Å². The van der Waals surface area contributed by atoms with Crippen LogP contribution in [-0.4, -0.2) is 36.2 Å². The van der Waals surface area contributed by atoms with Gasteiger partial charge in [0, 0.05) is 44.4 Å². The standard InChI is InChI=1S/C26H36O7/c1-13-17-9-11-30-19(17)12-18-21(13)22(32-15(3)28)23(33-16(4)29)24-25(5,6)20(31-14(2)27)8-10-26(18,24)7/h9,11,13,18,20-24H,8,10,12H2,1-7H3/t13-,18-,20-,21-,22+,23-,24-,26+/m0/s1. The number of furan rings is 1. The minimum absolute atomic E-state index is 0.0225. The Balaban J connectivity index is 1.88. The number of esters is 3. The van der Waals surface area contributed by atoms with Crippen molar-refractivity contribution in [2.45, 2.75) is 92.0 Å². The van der Waals surface area contributed by atoms with Crippen LogP contribution < -0.4 is 0 Å². The lowest BCUT2D eigenvalue weighted by atomic mass is 9.41. The molecule has 0 unspecified atom stereocenters. The van der Waals surface area contributed by atoms with E-state index in [2.05, 4.69) is 27.7 Å². The second-order valence-electron chi connectivity index (χ2n) is 11.1. The molecule has 182 valence electrons. The Hall–Kier alpha value is -2.31. The van der Waals surface area contributed by atoms with Crippen molar-refractivity contribution in [3.8, 4) is 0 Å². The second kappa shape index (κ2) is 8.17. The summed E-state index contributed by atoms with van der Waals surface area (Å²) < 4.78 is 23.6. The molecule has 1 heterocycles. The van der Waals surface area contributed by atoms with E-state index < -0.39 is 29.6 Å². The zero-order valence-electron chi connectivity index (χ0n) is 20.7. The number of ether oxygens (including phenoxy) is 3. The van der Waals surface area contributed by atoms with Crippen molar-refractivity contribution in [1.82, 2.24) is 0 Å². The van der Waals surface area contributed by atoms with E-state index >= 15 is 0 Å². The predicted octanol–water partition coefficient (Wildman–Crippen LogP) is 4.42. The number of hydrogen-bond acceptors (Lipinski definition) is 7. The third kappa shape index (κ3) is 3.77. The second-order valence-corrected chi connectivity index (χ2v) is 11.1. The first kappa shape index (κ1) is 23.8. The average molecular weight is 461 g/mol. The van der Waals surface area contributed by atoms with Crippen LogP contribution in [0.3, 0.4) is 0 Å². The van der Waals surface area contributed by atoms with Gasteiger partial charge < -0.3 is 18.6 Å². The van der Waals surface area contributed by atoms with E-state index in [0.717, 1.165) is 30.6 Å². The first-order chi connectivity index (χ1) is 15.4. The Morgan fingerprint density at radius 1 is 0.970 bits per heavy atom. The first-order valence-corrected chi connectivity index (χ1v) is 12.0. The highest BCUT2D eigenvalue weighted by atomic mass is 16.6. The predicted molar refractivity (Wildman–Crippen MR) is 119 cm³/mol. The topological polar surface area (TPSA) is 92.0 Å². The SMILES string of the molecule is CC(=O)O[C@H]1[C@H](OC(C)=O)[C@H]2C(C)(C)[C@@H](OC(C)=O)CC[C@]2(C)[C@H]2Cc3occc3[C@H](C)[C@H]12. The number of rotatable bonds is 3. The highest BCUT2D eigenvalue weighted by molar-refractivity contribution is 5.68. The van der Waals surface area contributed by atoms with Gasteiger partial charge in [-0.3, -0.25) is 14.4 Å². The maximum absolute atomic E-state index is 12.3. The van der Waals surface area contributed by atoms with E-state index in [1.54, 1.807) is 6.26 Å². The maximum atomic E-state index is 12.3. The molecule has 4 rings (SSSR count). The summed E-state index contributed by atoms with van der Waals surface area (Å²) >= 11 is 0. The molecule has 0 saturated heterocycles. The quantitative estimate of drug-likeness (QED) is 0.487. The Bertz CT molecular complexity index is 946. The third-order valence-corrected chi connectivity index (χ3v) is 8.80. The van der Waals surface area contributed by atoms with Gasteiger partial charge >= 0.3 is 17.9 Å². The minimum Gasteiger partial charge on any atom is -0.469 e. The zero-order valence-corrected chi connectivity index (χ0v) is 20.7. The Kier molecular flexibility index (Phi) is 5.90. The van der Waals surface area contributed by atoms with Crippen LogP contribution in [0.15, 0.2) is 16.7 Å². The average Bonchev–Trinajstić information content (AvgIpc) is 3.15. The lowest BCUT2D eigenvalue weighted by Gasteiger charge is -2.65. The van der Waals surface area contributed by atoms with Gasteiger partial charge in [0.15, 0.2) is 0 Å². The van der Waals surface area contributed by atoms with Crippen LogP contribution >= 0.6 is 0 Å². The molecule has 1 aromatic rings. The molecule has 3 aliphatic rings. The third-order valence-electron chi connectivity index (χ3n) is 8.80. The zero-order chi connectivity index (χ0) is 24.3. The molecule has 33 heavy (non-hydrogen) atoms. The largest absolute Gasteiger partial charge is 0.469 e. The van der Waals surface area contributed by atoms with Crippen molar-refractivity contribution >= 4 is 17.9 Å². The number of fused-ring (bicyclic) bond motifs is 4. The van der Waals surface area contributed by atoms with Crippen LogP contribution in [-0.2, 0) is 35.0 Å². The highest BCUT2D eigenvalue weighted by Gasteiger charge is 2.68. The van der Waals surface area contributed by atoms with Crippen LogP contribution in [0.2, 0.25) is 0 Å². The van der Waals surface area contributed by atoms with E-state index in [4.69, 9.17) is 18.6 Å². The summed E-state index contributed by atoms with van der Waals surface area (Å²) in [4.78, 5) is 36.5. The molecule has 0 bridgehead atoms. The summed E-state index contributed by atoms with van der Waals surface area (Å²) in [5.41, 5.74) is 0.389. The molecule has 2 fully saturated rings. The van der Waals surface area contributed by atoms with E-state index in [1.807, 2.05) is 6.07 Å². The van der Waals surface area contributed by atoms with Crippen molar-refractivity contribution < 1.29 is 33.0 Å². The summed E-state index contributed by atoms with van der Waals surface area (Å²) in [6.45, 7) is 12.8. The molecule has 8 atom stereocenters. The van der Waals surface area contributed by atoms with E-state index in [-0.39, 0.29) is 41.2 Å². The first-order valence-electron chi connectivity index (χ1n) is 12.0. The molecule has 7 heteroatoms. The number of carbonyl (C=O) groups excluding carboxylic acids is 3. The summed E-state index contributed by atoms with van der Waals surface area (Å²) in [6, 6.07) is 2.00. The summed E-state index contributed by atoms with van der Waals surface area (Å²) in [5.74, 6) is -0.108. The lowest BCUT2D eigenvalue weighted by molar-refractivity contribution is -0.254. The fourth-order valence-corrected chi connectivity index (χ4v) is 7.72. The molecule has 7 nitrogen and oxygen atoms in total. The van der Waals surface area contributed by atoms with Gasteiger partial charge in [0.1, 0.15) is 24.1 Å². The summed E-state index contributed by atoms with van der Waals surface area (Å²) in [5, 5.41) is 0. The van der Waals surface area contributed by atoms with Crippen molar-refractivity contribution in [1.29, 1.82) is 0 Å². The van der Waals surface area contributed by atoms with Gasteiger partial charge in [0.2, 0.25) is 0 Å². The van der Waals surface area contributed by atoms with Crippen molar-refractivity contribution in [3.05, 3.63) is 23.7 Å². The van der Waals surface area contributed by atoms with E-state index in [1.165, 1.54) is 20.8 Å². The van der Waals surface area contributed by atoms with Crippen LogP contribution in [0.25, 0.3) is 0 Å². The van der Waals surface area contributed by atoms with Gasteiger partial charge in [-0.05, 0) is 41.7 Å². The number of carbonyl (C=O) groups is 3. The molecule has 0 spiro atoms. The molecule has 0 aromatic carbocycles. The van der Waals surface area contributed by atoms with Crippen molar-refractivity contribution in [2.24, 2.45) is 28.6 Å². The monoisotopic (exact) mass is 460 g/mol. The van der Waals surface area contributed by atoms with Crippen LogP contribution in [0.5, 0.6) is 0 Å². The van der Waals surface area contributed by atoms with Gasteiger partial charge in [0.25, 0.3) is 0 Å².